The van der Waals surface area contributed by atoms with Crippen molar-refractivity contribution < 1.29 is 13.7 Å². The van der Waals surface area contributed by atoms with Crippen molar-refractivity contribution in [2.45, 2.75) is 51.0 Å². The highest BCUT2D eigenvalue weighted by atomic mass is 19.1. The van der Waals surface area contributed by atoms with Gasteiger partial charge in [0.2, 0.25) is 0 Å². The molecule has 1 aromatic heterocycles. The minimum absolute atomic E-state index is 0.0804. The van der Waals surface area contributed by atoms with Gasteiger partial charge in [0.05, 0.1) is 6.10 Å². The SMILES string of the molecule is Cc1noc([C@H]2CC[C@@H]3[C@@H](CCN3Cc3ccc(F)cc3)O2)n1. The van der Waals surface area contributed by atoms with Crippen molar-refractivity contribution >= 4 is 0 Å². The van der Waals surface area contributed by atoms with Gasteiger partial charge in [0.15, 0.2) is 5.82 Å². The van der Waals surface area contributed by atoms with Gasteiger partial charge in [0.25, 0.3) is 5.89 Å². The summed E-state index contributed by atoms with van der Waals surface area (Å²) in [5.41, 5.74) is 1.14. The lowest BCUT2D eigenvalue weighted by Crippen LogP contribution is -2.40. The first-order valence-electron chi connectivity index (χ1n) is 8.13. The van der Waals surface area contributed by atoms with Crippen molar-refractivity contribution in [2.75, 3.05) is 6.54 Å². The first-order valence-corrected chi connectivity index (χ1v) is 8.13. The zero-order valence-corrected chi connectivity index (χ0v) is 13.1. The molecule has 3 heterocycles. The summed E-state index contributed by atoms with van der Waals surface area (Å²) in [6.07, 6.45) is 3.08. The van der Waals surface area contributed by atoms with E-state index in [0.717, 1.165) is 37.9 Å². The van der Waals surface area contributed by atoms with Gasteiger partial charge in [0, 0.05) is 19.1 Å². The molecule has 2 aromatic rings. The van der Waals surface area contributed by atoms with E-state index in [0.29, 0.717) is 17.8 Å². The lowest BCUT2D eigenvalue weighted by Gasteiger charge is -2.34. The molecule has 0 bridgehead atoms. The number of hydrogen-bond acceptors (Lipinski definition) is 5. The van der Waals surface area contributed by atoms with Crippen LogP contribution in [0.15, 0.2) is 28.8 Å². The second-order valence-electron chi connectivity index (χ2n) is 6.37. The monoisotopic (exact) mass is 317 g/mol. The van der Waals surface area contributed by atoms with E-state index in [-0.39, 0.29) is 18.0 Å². The predicted molar refractivity (Wildman–Crippen MR) is 81.1 cm³/mol. The van der Waals surface area contributed by atoms with Crippen LogP contribution in [0.1, 0.15) is 42.6 Å². The third kappa shape index (κ3) is 3.01. The first-order chi connectivity index (χ1) is 11.2. The number of fused-ring (bicyclic) bond motifs is 1. The van der Waals surface area contributed by atoms with Crippen LogP contribution in [-0.2, 0) is 11.3 Å². The molecular formula is C17H20FN3O2. The normalized spacial score (nSPS) is 28.0. The first kappa shape index (κ1) is 14.8. The number of benzene rings is 1. The smallest absolute Gasteiger partial charge is 0.255 e. The molecule has 0 unspecified atom stereocenters. The van der Waals surface area contributed by atoms with E-state index in [1.165, 1.54) is 12.1 Å². The Kier molecular flexibility index (Phi) is 3.87. The van der Waals surface area contributed by atoms with Crippen LogP contribution in [0.2, 0.25) is 0 Å². The Morgan fingerprint density at radius 2 is 2.04 bits per heavy atom. The Morgan fingerprint density at radius 1 is 1.22 bits per heavy atom. The molecule has 23 heavy (non-hydrogen) atoms. The van der Waals surface area contributed by atoms with E-state index < -0.39 is 0 Å². The number of halogens is 1. The van der Waals surface area contributed by atoms with Crippen molar-refractivity contribution in [3.8, 4) is 0 Å². The Labute approximate surface area is 134 Å². The standard InChI is InChI=1S/C17H20FN3O2/c1-11-19-17(23-20-11)16-7-6-14-15(22-16)8-9-21(14)10-12-2-4-13(18)5-3-12/h2-5,14-16H,6-10H2,1H3/t14-,15-,16-/m1/s1. The molecule has 122 valence electrons. The third-order valence-electron chi connectivity index (χ3n) is 4.78. The Hall–Kier alpha value is -1.79. The van der Waals surface area contributed by atoms with Gasteiger partial charge in [-0.1, -0.05) is 17.3 Å². The average Bonchev–Trinajstić information content (AvgIpc) is 3.16. The Morgan fingerprint density at radius 3 is 2.78 bits per heavy atom. The van der Waals surface area contributed by atoms with Crippen LogP contribution in [0.25, 0.3) is 0 Å². The molecule has 0 saturated carbocycles. The van der Waals surface area contributed by atoms with Crippen molar-refractivity contribution in [2.24, 2.45) is 0 Å². The molecule has 4 rings (SSSR count). The lowest BCUT2D eigenvalue weighted by molar-refractivity contribution is -0.0831. The fourth-order valence-electron chi connectivity index (χ4n) is 3.66. The topological polar surface area (TPSA) is 51.4 Å². The molecule has 3 atom stereocenters. The molecule has 2 saturated heterocycles. The number of rotatable bonds is 3. The fraction of sp³-hybridized carbons (Fsp3) is 0.529. The summed E-state index contributed by atoms with van der Waals surface area (Å²) in [5.74, 6) is 1.06. The molecule has 2 aliphatic rings. The summed E-state index contributed by atoms with van der Waals surface area (Å²) in [5, 5.41) is 3.85. The van der Waals surface area contributed by atoms with Crippen LogP contribution in [-0.4, -0.2) is 33.7 Å². The number of likely N-dealkylation sites (tertiary alicyclic amines) is 1. The molecular weight excluding hydrogens is 297 g/mol. The maximum atomic E-state index is 13.0. The molecule has 0 amide bonds. The quantitative estimate of drug-likeness (QED) is 0.871. The van der Waals surface area contributed by atoms with Gasteiger partial charge in [-0.25, -0.2) is 4.39 Å². The molecule has 0 spiro atoms. The van der Waals surface area contributed by atoms with Gasteiger partial charge in [-0.2, -0.15) is 4.98 Å². The van der Waals surface area contributed by atoms with Crippen molar-refractivity contribution in [3.63, 3.8) is 0 Å². The van der Waals surface area contributed by atoms with Crippen molar-refractivity contribution in [1.29, 1.82) is 0 Å². The third-order valence-corrected chi connectivity index (χ3v) is 4.78. The second kappa shape index (κ2) is 6.02. The van der Waals surface area contributed by atoms with Crippen molar-refractivity contribution in [3.05, 3.63) is 47.4 Å². The van der Waals surface area contributed by atoms with Gasteiger partial charge in [0.1, 0.15) is 11.9 Å². The zero-order chi connectivity index (χ0) is 15.8. The summed E-state index contributed by atoms with van der Waals surface area (Å²) in [7, 11) is 0. The van der Waals surface area contributed by atoms with E-state index in [1.54, 1.807) is 0 Å². The summed E-state index contributed by atoms with van der Waals surface area (Å²) in [6.45, 7) is 3.66. The van der Waals surface area contributed by atoms with Crippen molar-refractivity contribution in [1.82, 2.24) is 15.0 Å². The second-order valence-corrected chi connectivity index (χ2v) is 6.37. The largest absolute Gasteiger partial charge is 0.363 e. The molecule has 0 radical (unpaired) electrons. The predicted octanol–water partition coefficient (Wildman–Crippen LogP) is 3.01. The number of hydrogen-bond donors (Lipinski definition) is 0. The lowest BCUT2D eigenvalue weighted by atomic mass is 9.98. The van der Waals surface area contributed by atoms with Gasteiger partial charge >= 0.3 is 0 Å². The van der Waals surface area contributed by atoms with Crippen LogP contribution in [0.3, 0.4) is 0 Å². The fourth-order valence-corrected chi connectivity index (χ4v) is 3.66. The maximum absolute atomic E-state index is 13.0. The molecule has 0 N–H and O–H groups in total. The maximum Gasteiger partial charge on any atom is 0.255 e. The summed E-state index contributed by atoms with van der Waals surface area (Å²) in [4.78, 5) is 6.73. The number of nitrogens with zero attached hydrogens (tertiary/aromatic N) is 3. The zero-order valence-electron chi connectivity index (χ0n) is 13.1. The van der Waals surface area contributed by atoms with Crippen LogP contribution in [0.5, 0.6) is 0 Å². The number of aromatic nitrogens is 2. The summed E-state index contributed by atoms with van der Waals surface area (Å²) in [6, 6.07) is 7.18. The summed E-state index contributed by atoms with van der Waals surface area (Å²) < 4.78 is 24.5. The van der Waals surface area contributed by atoms with Crippen LogP contribution in [0.4, 0.5) is 4.39 Å². The van der Waals surface area contributed by atoms with E-state index in [1.807, 2.05) is 19.1 Å². The highest BCUT2D eigenvalue weighted by molar-refractivity contribution is 5.16. The molecule has 0 aliphatic carbocycles. The molecule has 1 aromatic carbocycles. The number of ether oxygens (including phenoxy) is 1. The van der Waals surface area contributed by atoms with E-state index >= 15 is 0 Å². The van der Waals surface area contributed by atoms with Crippen LogP contribution >= 0.6 is 0 Å². The van der Waals surface area contributed by atoms with Gasteiger partial charge in [-0.15, -0.1) is 0 Å². The van der Waals surface area contributed by atoms with E-state index in [2.05, 4.69) is 15.0 Å². The highest BCUT2D eigenvalue weighted by Gasteiger charge is 2.41. The number of aryl methyl sites for hydroxylation is 1. The van der Waals surface area contributed by atoms with Gasteiger partial charge in [-0.05, 0) is 43.9 Å². The minimum atomic E-state index is -0.188. The van der Waals surface area contributed by atoms with Crippen LogP contribution in [0, 0.1) is 12.7 Å². The van der Waals surface area contributed by atoms with Crippen LogP contribution < -0.4 is 0 Å². The van der Waals surface area contributed by atoms with E-state index in [9.17, 15) is 4.39 Å². The minimum Gasteiger partial charge on any atom is -0.363 e. The van der Waals surface area contributed by atoms with E-state index in [4.69, 9.17) is 9.26 Å². The molecule has 5 nitrogen and oxygen atoms in total. The Bertz CT molecular complexity index is 673. The average molecular weight is 317 g/mol. The van der Waals surface area contributed by atoms with Gasteiger partial charge in [-0.3, -0.25) is 4.90 Å². The highest BCUT2D eigenvalue weighted by Crippen LogP contribution is 2.38. The Balaban J connectivity index is 1.41. The molecule has 2 fully saturated rings. The van der Waals surface area contributed by atoms with Gasteiger partial charge < -0.3 is 9.26 Å². The molecule has 6 heteroatoms. The molecule has 2 aliphatic heterocycles. The summed E-state index contributed by atoms with van der Waals surface area (Å²) >= 11 is 0.